The van der Waals surface area contributed by atoms with Gasteiger partial charge in [-0.25, -0.2) is 0 Å². The number of furan rings is 1. The second kappa shape index (κ2) is 5.32. The molecule has 1 aliphatic rings. The van der Waals surface area contributed by atoms with Crippen molar-refractivity contribution in [2.24, 2.45) is 0 Å². The fourth-order valence-electron chi connectivity index (χ4n) is 1.48. The Bertz CT molecular complexity index is 385. The summed E-state index contributed by atoms with van der Waals surface area (Å²) in [6, 6.07) is 2.17. The van der Waals surface area contributed by atoms with Crippen LogP contribution in [0.3, 0.4) is 0 Å². The third kappa shape index (κ3) is 3.74. The van der Waals surface area contributed by atoms with Crippen molar-refractivity contribution in [1.82, 2.24) is 5.32 Å². The van der Waals surface area contributed by atoms with Crippen LogP contribution in [-0.2, 0) is 17.9 Å². The van der Waals surface area contributed by atoms with Gasteiger partial charge in [0.2, 0.25) is 0 Å². The van der Waals surface area contributed by atoms with Gasteiger partial charge in [-0.05, 0) is 25.8 Å². The van der Waals surface area contributed by atoms with Crippen molar-refractivity contribution < 1.29 is 22.3 Å². The molecule has 6 heteroatoms. The number of hydrogen-bond acceptors (Lipinski definition) is 3. The van der Waals surface area contributed by atoms with Gasteiger partial charge in [0, 0.05) is 11.6 Å². The highest BCUT2D eigenvalue weighted by Gasteiger charge is 2.37. The number of halogens is 3. The Labute approximate surface area is 103 Å². The fraction of sp³-hybridized carbons (Fsp3) is 0.667. The lowest BCUT2D eigenvalue weighted by Crippen LogP contribution is -2.28. The number of ether oxygens (including phenoxy) is 1. The van der Waals surface area contributed by atoms with Crippen molar-refractivity contribution in [2.75, 3.05) is 0 Å². The Balaban J connectivity index is 1.82. The zero-order chi connectivity index (χ0) is 13.2. The molecule has 18 heavy (non-hydrogen) atoms. The molecule has 1 fully saturated rings. The van der Waals surface area contributed by atoms with Crippen LogP contribution in [0.25, 0.3) is 0 Å². The van der Waals surface area contributed by atoms with E-state index in [1.54, 1.807) is 6.07 Å². The number of hydrogen-bond donors (Lipinski definition) is 1. The molecule has 0 aliphatic heterocycles. The Hall–Kier alpha value is -1.01. The summed E-state index contributed by atoms with van der Waals surface area (Å²) < 4.78 is 46.9. The summed E-state index contributed by atoms with van der Waals surface area (Å²) in [5.41, 5.74) is 0.666. The van der Waals surface area contributed by atoms with Crippen LogP contribution in [0.4, 0.5) is 13.2 Å². The molecule has 1 aliphatic carbocycles. The molecule has 1 aromatic rings. The van der Waals surface area contributed by atoms with Crippen LogP contribution in [0.15, 0.2) is 16.7 Å². The van der Waals surface area contributed by atoms with Crippen molar-refractivity contribution in [2.45, 2.75) is 51.2 Å². The smallest absolute Gasteiger partial charge is 0.414 e. The maximum Gasteiger partial charge on any atom is 0.414 e. The standard InChI is InChI=1S/C12H16F3NO2/c1-8(12(13,14)15)18-7-9-4-5-17-11(9)6-16-10-2-3-10/h4-5,8,10,16H,2-3,6-7H2,1H3. The molecule has 3 nitrogen and oxygen atoms in total. The number of rotatable bonds is 6. The Morgan fingerprint density at radius 3 is 2.83 bits per heavy atom. The number of nitrogens with one attached hydrogen (secondary N) is 1. The molecule has 1 aromatic heterocycles. The molecule has 0 radical (unpaired) electrons. The van der Waals surface area contributed by atoms with Crippen LogP contribution in [0.5, 0.6) is 0 Å². The average molecular weight is 263 g/mol. The van der Waals surface area contributed by atoms with E-state index in [0.29, 0.717) is 23.9 Å². The first-order valence-corrected chi connectivity index (χ1v) is 5.94. The molecule has 1 unspecified atom stereocenters. The molecular formula is C12H16F3NO2. The highest BCUT2D eigenvalue weighted by atomic mass is 19.4. The molecule has 1 atom stereocenters. The Morgan fingerprint density at radius 2 is 2.22 bits per heavy atom. The normalized spacial score (nSPS) is 18.0. The van der Waals surface area contributed by atoms with E-state index in [1.807, 2.05) is 0 Å². The van der Waals surface area contributed by atoms with E-state index in [1.165, 1.54) is 6.26 Å². The summed E-state index contributed by atoms with van der Waals surface area (Å²) in [6.45, 7) is 1.46. The number of alkyl halides is 3. The predicted molar refractivity (Wildman–Crippen MR) is 58.9 cm³/mol. The second-order valence-electron chi connectivity index (χ2n) is 4.52. The zero-order valence-corrected chi connectivity index (χ0v) is 10.1. The minimum Gasteiger partial charge on any atom is -0.468 e. The monoisotopic (exact) mass is 263 g/mol. The first-order chi connectivity index (χ1) is 8.47. The summed E-state index contributed by atoms with van der Waals surface area (Å²) in [5.74, 6) is 0.649. The summed E-state index contributed by atoms with van der Waals surface area (Å²) in [5, 5.41) is 3.25. The molecule has 0 bridgehead atoms. The topological polar surface area (TPSA) is 34.4 Å². The SMILES string of the molecule is CC(OCc1ccoc1CNC1CC1)C(F)(F)F. The van der Waals surface area contributed by atoms with E-state index in [0.717, 1.165) is 19.8 Å². The predicted octanol–water partition coefficient (Wildman–Crippen LogP) is 3.00. The van der Waals surface area contributed by atoms with E-state index < -0.39 is 12.3 Å². The minimum atomic E-state index is -4.32. The molecule has 0 amide bonds. The van der Waals surface area contributed by atoms with Crippen LogP contribution >= 0.6 is 0 Å². The minimum absolute atomic E-state index is 0.0845. The molecule has 1 heterocycles. The maximum absolute atomic E-state index is 12.3. The first kappa shape index (κ1) is 13.4. The van der Waals surface area contributed by atoms with Gasteiger partial charge in [0.1, 0.15) is 5.76 Å². The second-order valence-corrected chi connectivity index (χ2v) is 4.52. The van der Waals surface area contributed by atoms with Crippen molar-refractivity contribution in [3.05, 3.63) is 23.7 Å². The molecule has 1 saturated carbocycles. The molecule has 0 saturated heterocycles. The fourth-order valence-corrected chi connectivity index (χ4v) is 1.48. The quantitative estimate of drug-likeness (QED) is 0.856. The van der Waals surface area contributed by atoms with Crippen molar-refractivity contribution in [3.63, 3.8) is 0 Å². The van der Waals surface area contributed by atoms with Gasteiger partial charge in [-0.15, -0.1) is 0 Å². The highest BCUT2D eigenvalue weighted by Crippen LogP contribution is 2.24. The van der Waals surface area contributed by atoms with Gasteiger partial charge in [0.05, 0.1) is 19.4 Å². The van der Waals surface area contributed by atoms with E-state index in [9.17, 15) is 13.2 Å². The molecule has 1 N–H and O–H groups in total. The lowest BCUT2D eigenvalue weighted by atomic mass is 10.2. The van der Waals surface area contributed by atoms with Gasteiger partial charge in [0.15, 0.2) is 6.10 Å². The molecule has 0 spiro atoms. The van der Waals surface area contributed by atoms with Crippen LogP contribution < -0.4 is 5.32 Å². The third-order valence-corrected chi connectivity index (χ3v) is 2.92. The third-order valence-electron chi connectivity index (χ3n) is 2.92. The molecule has 2 rings (SSSR count). The molecule has 0 aromatic carbocycles. The zero-order valence-electron chi connectivity index (χ0n) is 10.1. The first-order valence-electron chi connectivity index (χ1n) is 5.94. The van der Waals surface area contributed by atoms with Crippen molar-refractivity contribution in [3.8, 4) is 0 Å². The Morgan fingerprint density at radius 1 is 1.50 bits per heavy atom. The highest BCUT2D eigenvalue weighted by molar-refractivity contribution is 5.16. The Kier molecular flexibility index (Phi) is 3.97. The van der Waals surface area contributed by atoms with Crippen LogP contribution in [-0.4, -0.2) is 18.3 Å². The lowest BCUT2D eigenvalue weighted by Gasteiger charge is -2.16. The van der Waals surface area contributed by atoms with Gasteiger partial charge < -0.3 is 14.5 Å². The maximum atomic E-state index is 12.3. The van der Waals surface area contributed by atoms with Gasteiger partial charge in [0.25, 0.3) is 0 Å². The summed E-state index contributed by atoms with van der Waals surface area (Å²) in [4.78, 5) is 0. The van der Waals surface area contributed by atoms with Crippen molar-refractivity contribution >= 4 is 0 Å². The molecule has 102 valence electrons. The van der Waals surface area contributed by atoms with Crippen molar-refractivity contribution in [1.29, 1.82) is 0 Å². The van der Waals surface area contributed by atoms with Gasteiger partial charge in [-0.1, -0.05) is 0 Å². The molecular weight excluding hydrogens is 247 g/mol. The van der Waals surface area contributed by atoms with Crippen LogP contribution in [0.2, 0.25) is 0 Å². The van der Waals surface area contributed by atoms with Crippen LogP contribution in [0, 0.1) is 0 Å². The van der Waals surface area contributed by atoms with Gasteiger partial charge >= 0.3 is 6.18 Å². The van der Waals surface area contributed by atoms with E-state index in [4.69, 9.17) is 9.15 Å². The summed E-state index contributed by atoms with van der Waals surface area (Å²) in [7, 11) is 0. The van der Waals surface area contributed by atoms with E-state index in [2.05, 4.69) is 5.32 Å². The summed E-state index contributed by atoms with van der Waals surface area (Å²) >= 11 is 0. The van der Waals surface area contributed by atoms with E-state index in [-0.39, 0.29) is 6.61 Å². The van der Waals surface area contributed by atoms with Gasteiger partial charge in [-0.2, -0.15) is 13.2 Å². The van der Waals surface area contributed by atoms with Gasteiger partial charge in [-0.3, -0.25) is 0 Å². The lowest BCUT2D eigenvalue weighted by molar-refractivity contribution is -0.217. The summed E-state index contributed by atoms with van der Waals surface area (Å²) in [6.07, 6.45) is -2.32. The van der Waals surface area contributed by atoms with E-state index >= 15 is 0 Å². The average Bonchev–Trinajstić information content (AvgIpc) is 3.01. The van der Waals surface area contributed by atoms with Crippen LogP contribution in [0.1, 0.15) is 31.1 Å². The largest absolute Gasteiger partial charge is 0.468 e.